The second-order valence-corrected chi connectivity index (χ2v) is 4.87. The maximum atomic E-state index is 12.0. The van der Waals surface area contributed by atoms with Crippen LogP contribution >= 0.6 is 11.6 Å². The van der Waals surface area contributed by atoms with E-state index < -0.39 is 23.5 Å². The third kappa shape index (κ3) is 2.39. The minimum Gasteiger partial charge on any atom is -0.408 e. The Kier molecular flexibility index (Phi) is 3.54. The molecule has 7 nitrogen and oxygen atoms in total. The van der Waals surface area contributed by atoms with Crippen LogP contribution in [0, 0.1) is 0 Å². The van der Waals surface area contributed by atoms with Gasteiger partial charge in [0.25, 0.3) is 0 Å². The Morgan fingerprint density at radius 2 is 2.05 bits per heavy atom. The minimum atomic E-state index is -1.19. The molecule has 0 radical (unpaired) electrons. The molecule has 1 aromatic carbocycles. The summed E-state index contributed by atoms with van der Waals surface area (Å²) < 4.78 is 4.89. The van der Waals surface area contributed by atoms with E-state index in [1.54, 1.807) is 0 Å². The van der Waals surface area contributed by atoms with Crippen molar-refractivity contribution in [2.45, 2.75) is 5.92 Å². The number of H-pyrrole nitrogens is 1. The second kappa shape index (κ2) is 5.01. The van der Waals surface area contributed by atoms with Crippen molar-refractivity contribution in [3.8, 4) is 0 Å². The first-order valence-corrected chi connectivity index (χ1v) is 6.02. The third-order valence-corrected chi connectivity index (χ3v) is 3.11. The van der Waals surface area contributed by atoms with Crippen molar-refractivity contribution in [2.24, 2.45) is 5.73 Å². The van der Waals surface area contributed by atoms with Crippen LogP contribution in [0.2, 0.25) is 5.02 Å². The molecule has 0 bridgehead atoms. The summed E-state index contributed by atoms with van der Waals surface area (Å²) in [5.74, 6) is -3.15. The van der Waals surface area contributed by atoms with Gasteiger partial charge in [-0.25, -0.2) is 4.79 Å². The SMILES string of the molecule is CN(C)C(=O)C(C(N)=O)c1cc(Cl)c2[nH]c(=O)oc2c1. The zero-order valence-electron chi connectivity index (χ0n) is 10.8. The lowest BCUT2D eigenvalue weighted by molar-refractivity contribution is -0.135. The van der Waals surface area contributed by atoms with Gasteiger partial charge in [0.05, 0.1) is 5.02 Å². The number of nitrogens with one attached hydrogen (secondary N) is 1. The summed E-state index contributed by atoms with van der Waals surface area (Å²) in [6, 6.07) is 2.81. The first-order chi connectivity index (χ1) is 9.31. The summed E-state index contributed by atoms with van der Waals surface area (Å²) in [5, 5.41) is 0.168. The number of halogens is 1. The number of nitrogens with zero attached hydrogens (tertiary/aromatic N) is 1. The fourth-order valence-corrected chi connectivity index (χ4v) is 2.15. The molecule has 1 heterocycles. The Labute approximate surface area is 118 Å². The van der Waals surface area contributed by atoms with Crippen LogP contribution in [0.15, 0.2) is 21.3 Å². The Morgan fingerprint density at radius 3 is 2.60 bits per heavy atom. The summed E-state index contributed by atoms with van der Waals surface area (Å²) in [6.45, 7) is 0. The van der Waals surface area contributed by atoms with Gasteiger partial charge >= 0.3 is 5.76 Å². The molecule has 0 saturated carbocycles. The number of fused-ring (bicyclic) bond motifs is 1. The molecule has 0 aliphatic rings. The van der Waals surface area contributed by atoms with Gasteiger partial charge in [-0.05, 0) is 17.7 Å². The molecule has 0 fully saturated rings. The van der Waals surface area contributed by atoms with E-state index in [4.69, 9.17) is 21.8 Å². The highest BCUT2D eigenvalue weighted by Crippen LogP contribution is 2.28. The van der Waals surface area contributed by atoms with Crippen molar-refractivity contribution in [1.29, 1.82) is 0 Å². The summed E-state index contributed by atoms with van der Waals surface area (Å²) in [5.41, 5.74) is 6.02. The number of carbonyl (C=O) groups is 2. The number of aromatic amines is 1. The van der Waals surface area contributed by atoms with Gasteiger partial charge < -0.3 is 15.1 Å². The fraction of sp³-hybridized carbons (Fsp3) is 0.250. The molecule has 1 unspecified atom stereocenters. The molecular weight excluding hydrogens is 286 g/mol. The number of hydrogen-bond acceptors (Lipinski definition) is 4. The average molecular weight is 298 g/mol. The maximum absolute atomic E-state index is 12.0. The van der Waals surface area contributed by atoms with Crippen LogP contribution in [0.25, 0.3) is 11.1 Å². The minimum absolute atomic E-state index is 0.162. The molecule has 0 aliphatic heterocycles. The van der Waals surface area contributed by atoms with E-state index in [0.29, 0.717) is 5.52 Å². The number of nitrogens with two attached hydrogens (primary N) is 1. The standard InChI is InChI=1S/C12H12ClN3O4/c1-16(2)11(18)8(10(14)17)5-3-6(13)9-7(4-5)20-12(19)15-9/h3-4,8H,1-2H3,(H2,14,17)(H,15,19). The summed E-state index contributed by atoms with van der Waals surface area (Å²) in [7, 11) is 3.02. The molecule has 0 spiro atoms. The van der Waals surface area contributed by atoms with Gasteiger partial charge in [-0.3, -0.25) is 14.6 Å². The summed E-state index contributed by atoms with van der Waals surface area (Å²) >= 11 is 6.00. The van der Waals surface area contributed by atoms with Gasteiger partial charge in [0.1, 0.15) is 11.4 Å². The van der Waals surface area contributed by atoms with Crippen LogP contribution in [-0.4, -0.2) is 35.8 Å². The second-order valence-electron chi connectivity index (χ2n) is 4.46. The number of aromatic nitrogens is 1. The number of hydrogen-bond donors (Lipinski definition) is 2. The van der Waals surface area contributed by atoms with E-state index in [2.05, 4.69) is 4.98 Å². The molecule has 1 atom stereocenters. The third-order valence-electron chi connectivity index (χ3n) is 2.81. The van der Waals surface area contributed by atoms with Gasteiger partial charge in [0.15, 0.2) is 5.58 Å². The quantitative estimate of drug-likeness (QED) is 0.801. The summed E-state index contributed by atoms with van der Waals surface area (Å²) in [4.78, 5) is 38.4. The monoisotopic (exact) mass is 297 g/mol. The first-order valence-electron chi connectivity index (χ1n) is 5.64. The number of primary amides is 1. The van der Waals surface area contributed by atoms with Crippen LogP contribution in [-0.2, 0) is 9.59 Å². The Bertz CT molecular complexity index is 747. The lowest BCUT2D eigenvalue weighted by Crippen LogP contribution is -2.36. The topological polar surface area (TPSA) is 109 Å². The highest BCUT2D eigenvalue weighted by molar-refractivity contribution is 6.35. The number of rotatable bonds is 3. The number of likely N-dealkylation sites (N-methyl/N-ethyl adjacent to an activating group) is 1. The molecule has 1 aromatic heterocycles. The van der Waals surface area contributed by atoms with Gasteiger partial charge in [-0.15, -0.1) is 0 Å². The number of amides is 2. The van der Waals surface area contributed by atoms with Gasteiger partial charge in [0.2, 0.25) is 11.8 Å². The zero-order chi connectivity index (χ0) is 15.0. The zero-order valence-corrected chi connectivity index (χ0v) is 11.5. The Hall–Kier alpha value is -2.28. The molecule has 2 rings (SSSR count). The largest absolute Gasteiger partial charge is 0.417 e. The molecule has 8 heteroatoms. The van der Waals surface area contributed by atoms with Crippen molar-refractivity contribution >= 4 is 34.5 Å². The van der Waals surface area contributed by atoms with E-state index in [1.165, 1.54) is 31.1 Å². The van der Waals surface area contributed by atoms with Crippen LogP contribution in [0.1, 0.15) is 11.5 Å². The molecule has 2 amide bonds. The Balaban J connectivity index is 2.62. The normalized spacial score (nSPS) is 12.3. The summed E-state index contributed by atoms with van der Waals surface area (Å²) in [6.07, 6.45) is 0. The van der Waals surface area contributed by atoms with Gasteiger partial charge in [-0.1, -0.05) is 11.6 Å². The van der Waals surface area contributed by atoms with Crippen LogP contribution in [0.5, 0.6) is 0 Å². The van der Waals surface area contributed by atoms with E-state index in [9.17, 15) is 14.4 Å². The maximum Gasteiger partial charge on any atom is 0.417 e. The van der Waals surface area contributed by atoms with E-state index in [0.717, 1.165) is 0 Å². The lowest BCUT2D eigenvalue weighted by Gasteiger charge is -2.18. The van der Waals surface area contributed by atoms with E-state index >= 15 is 0 Å². The number of benzene rings is 1. The van der Waals surface area contributed by atoms with Crippen LogP contribution in [0.3, 0.4) is 0 Å². The van der Waals surface area contributed by atoms with Gasteiger partial charge in [0, 0.05) is 14.1 Å². The molecule has 106 valence electrons. The van der Waals surface area contributed by atoms with Crippen molar-refractivity contribution in [2.75, 3.05) is 14.1 Å². The fourth-order valence-electron chi connectivity index (χ4n) is 1.88. The highest BCUT2D eigenvalue weighted by Gasteiger charge is 2.29. The molecule has 20 heavy (non-hydrogen) atoms. The smallest absolute Gasteiger partial charge is 0.408 e. The van der Waals surface area contributed by atoms with Crippen molar-refractivity contribution in [3.05, 3.63) is 33.3 Å². The number of carbonyl (C=O) groups excluding carboxylic acids is 2. The lowest BCUT2D eigenvalue weighted by atomic mass is 9.96. The predicted octanol–water partition coefficient (Wildman–Crippen LogP) is 0.432. The van der Waals surface area contributed by atoms with Crippen LogP contribution < -0.4 is 11.5 Å². The van der Waals surface area contributed by atoms with E-state index in [-0.39, 0.29) is 16.2 Å². The first kappa shape index (κ1) is 14.1. The number of oxazole rings is 1. The molecule has 3 N–H and O–H groups in total. The molecule has 0 saturated heterocycles. The van der Waals surface area contributed by atoms with Crippen molar-refractivity contribution in [1.82, 2.24) is 9.88 Å². The average Bonchev–Trinajstić information content (AvgIpc) is 2.69. The van der Waals surface area contributed by atoms with E-state index in [1.807, 2.05) is 0 Å². The van der Waals surface area contributed by atoms with Crippen LogP contribution in [0.4, 0.5) is 0 Å². The molecular formula is C12H12ClN3O4. The Morgan fingerprint density at radius 1 is 1.40 bits per heavy atom. The van der Waals surface area contributed by atoms with Crippen molar-refractivity contribution < 1.29 is 14.0 Å². The van der Waals surface area contributed by atoms with Gasteiger partial charge in [-0.2, -0.15) is 0 Å². The highest BCUT2D eigenvalue weighted by atomic mass is 35.5. The molecule has 0 aliphatic carbocycles. The van der Waals surface area contributed by atoms with Crippen molar-refractivity contribution in [3.63, 3.8) is 0 Å². The predicted molar refractivity (Wildman–Crippen MR) is 72.5 cm³/mol. The molecule has 2 aromatic rings.